The van der Waals surface area contributed by atoms with Crippen LogP contribution in [0.2, 0.25) is 0 Å². The lowest BCUT2D eigenvalue weighted by atomic mass is 10.1. The molecule has 2 heterocycles. The minimum Gasteiger partial charge on any atom is -0.401 e. The first-order chi connectivity index (χ1) is 21.6. The average Bonchev–Trinajstić information content (AvgIpc) is 3.00. The number of piperazine rings is 1. The summed E-state index contributed by atoms with van der Waals surface area (Å²) in [5.74, 6) is 4.87. The van der Waals surface area contributed by atoms with E-state index < -0.39 is 23.5 Å². The van der Waals surface area contributed by atoms with Crippen molar-refractivity contribution in [1.82, 2.24) is 19.8 Å². The Hall–Kier alpha value is -4.46. The molecule has 1 aromatic carbocycles. The van der Waals surface area contributed by atoms with Gasteiger partial charge >= 0.3 is 6.18 Å². The van der Waals surface area contributed by atoms with E-state index in [9.17, 15) is 22.4 Å². The normalized spacial score (nSPS) is 15.5. The number of carbonyl (C=O) groups is 1. The number of nitrogens with one attached hydrogen (secondary N) is 2. The van der Waals surface area contributed by atoms with Gasteiger partial charge in [-0.1, -0.05) is 31.4 Å². The predicted molar refractivity (Wildman–Crippen MR) is 175 cm³/mol. The number of likely N-dealkylation sites (N-methyl/N-ethyl adjacent to an activating group) is 1. The van der Waals surface area contributed by atoms with Gasteiger partial charge in [0.05, 0.1) is 11.3 Å². The lowest BCUT2D eigenvalue weighted by Crippen LogP contribution is -2.44. The summed E-state index contributed by atoms with van der Waals surface area (Å²) in [6.45, 7) is 13.6. The van der Waals surface area contributed by atoms with Gasteiger partial charge in [0.2, 0.25) is 0 Å². The minimum absolute atomic E-state index is 0.00472. The SMILES string of the molecule is C=Cc1cc(C/C(N)=C/N(N)C(=C)/C(C)=C\C=C(/C)C(=O)Nc2cc(CN3CCN(C)CC3)c(F)c(C(F)(F)F)c2)cnc1NC. The van der Waals surface area contributed by atoms with E-state index in [1.807, 2.05) is 18.0 Å². The third-order valence-corrected chi connectivity index (χ3v) is 7.55. The Labute approximate surface area is 267 Å². The first-order valence-electron chi connectivity index (χ1n) is 14.6. The molecule has 0 aliphatic carbocycles. The van der Waals surface area contributed by atoms with Crippen LogP contribution in [0.25, 0.3) is 6.08 Å². The number of nitrogens with zero attached hydrogens (tertiary/aromatic N) is 4. The fourth-order valence-corrected chi connectivity index (χ4v) is 4.71. The summed E-state index contributed by atoms with van der Waals surface area (Å²) < 4.78 is 56.0. The number of aromatic nitrogens is 1. The maximum atomic E-state index is 14.9. The highest BCUT2D eigenvalue weighted by Crippen LogP contribution is 2.35. The monoisotopic (exact) mass is 642 g/mol. The Bertz CT molecular complexity index is 1540. The summed E-state index contributed by atoms with van der Waals surface area (Å²) in [5.41, 5.74) is 7.82. The third kappa shape index (κ3) is 9.77. The number of hydrazine groups is 1. The molecule has 0 saturated carbocycles. The Morgan fingerprint density at radius 2 is 1.78 bits per heavy atom. The van der Waals surface area contributed by atoms with E-state index in [4.69, 9.17) is 11.6 Å². The first-order valence-corrected chi connectivity index (χ1v) is 14.6. The van der Waals surface area contributed by atoms with Crippen molar-refractivity contribution < 1.29 is 22.4 Å². The molecule has 0 atom stereocenters. The van der Waals surface area contributed by atoms with Crippen LogP contribution < -0.4 is 22.2 Å². The van der Waals surface area contributed by atoms with Gasteiger partial charge in [-0.25, -0.2) is 15.2 Å². The number of rotatable bonds is 12. The molecule has 6 N–H and O–H groups in total. The quantitative estimate of drug-likeness (QED) is 0.0818. The second-order valence-electron chi connectivity index (χ2n) is 11.2. The molecule has 1 aliphatic rings. The summed E-state index contributed by atoms with van der Waals surface area (Å²) in [6, 6.07) is 3.78. The standard InChI is InChI=1S/C33H42F4N8O/c1-7-25-14-24(18-41-31(25)40-5)15-27(38)20-45(39)23(4)21(2)8-9-22(3)32(46)42-28-16-26(19-44-12-10-43(6)11-13-44)30(34)29(17-28)33(35,36)37/h7-9,14,16-18,20H,1,4,10-13,15,19,38-39H2,2-3,5-6H3,(H,40,41)(H,42,46)/b21-8-,22-9+,27-20-. The third-order valence-electron chi connectivity index (χ3n) is 7.55. The zero-order valence-electron chi connectivity index (χ0n) is 26.6. The van der Waals surface area contributed by atoms with Crippen molar-refractivity contribution in [3.8, 4) is 0 Å². The highest BCUT2D eigenvalue weighted by Gasteiger charge is 2.36. The van der Waals surface area contributed by atoms with Crippen molar-refractivity contribution in [2.45, 2.75) is 33.0 Å². The molecule has 0 unspecified atom stereocenters. The van der Waals surface area contributed by atoms with Crippen LogP contribution in [0, 0.1) is 5.82 Å². The molecule has 1 saturated heterocycles. The highest BCUT2D eigenvalue weighted by atomic mass is 19.4. The van der Waals surface area contributed by atoms with Gasteiger partial charge in [0.25, 0.3) is 5.91 Å². The van der Waals surface area contributed by atoms with E-state index >= 15 is 0 Å². The van der Waals surface area contributed by atoms with Crippen molar-refractivity contribution in [3.63, 3.8) is 0 Å². The molecule has 0 bridgehead atoms. The number of amides is 1. The van der Waals surface area contributed by atoms with Gasteiger partial charge in [-0.05, 0) is 50.2 Å². The van der Waals surface area contributed by atoms with Gasteiger partial charge in [-0.2, -0.15) is 13.2 Å². The molecule has 0 radical (unpaired) electrons. The average molecular weight is 643 g/mol. The molecule has 2 aromatic rings. The molecule has 13 heteroatoms. The molecule has 3 rings (SSSR count). The fourth-order valence-electron chi connectivity index (χ4n) is 4.71. The van der Waals surface area contributed by atoms with Crippen molar-refractivity contribution in [2.24, 2.45) is 11.6 Å². The van der Waals surface area contributed by atoms with Crippen LogP contribution in [-0.2, 0) is 23.9 Å². The van der Waals surface area contributed by atoms with E-state index in [2.05, 4.69) is 33.7 Å². The topological polar surface area (TPSA) is 116 Å². The second kappa shape index (κ2) is 15.7. The molecular formula is C33H42F4N8O. The zero-order chi connectivity index (χ0) is 34.2. The van der Waals surface area contributed by atoms with Gasteiger partial charge in [-0.15, -0.1) is 0 Å². The Morgan fingerprint density at radius 1 is 1.13 bits per heavy atom. The number of halogens is 4. The summed E-state index contributed by atoms with van der Waals surface area (Å²) in [5, 5.41) is 6.73. The van der Waals surface area contributed by atoms with Crippen molar-refractivity contribution >= 4 is 23.5 Å². The zero-order valence-corrected chi connectivity index (χ0v) is 26.6. The van der Waals surface area contributed by atoms with Crippen molar-refractivity contribution in [1.29, 1.82) is 0 Å². The van der Waals surface area contributed by atoms with Crippen LogP contribution in [0.1, 0.15) is 36.1 Å². The van der Waals surface area contributed by atoms with Crippen LogP contribution in [0.3, 0.4) is 0 Å². The number of hydrogen-bond donors (Lipinski definition) is 4. The number of carbonyl (C=O) groups excluding carboxylic acids is 1. The van der Waals surface area contributed by atoms with Crippen molar-refractivity contribution in [3.05, 3.63) is 107 Å². The summed E-state index contributed by atoms with van der Waals surface area (Å²) in [4.78, 5) is 21.2. The Balaban J connectivity index is 1.71. The summed E-state index contributed by atoms with van der Waals surface area (Å²) in [6.07, 6.45) is 3.44. The Kier molecular flexibility index (Phi) is 12.3. The molecule has 46 heavy (non-hydrogen) atoms. The van der Waals surface area contributed by atoms with Gasteiger partial charge in [-0.3, -0.25) is 14.7 Å². The number of alkyl halides is 3. The van der Waals surface area contributed by atoms with Gasteiger partial charge in [0, 0.05) is 86.7 Å². The van der Waals surface area contributed by atoms with E-state index in [0.29, 0.717) is 48.4 Å². The van der Waals surface area contributed by atoms with Crippen LogP contribution in [-0.4, -0.2) is 66.0 Å². The number of pyridine rings is 1. The first kappa shape index (κ1) is 36.0. The molecule has 1 fully saturated rings. The van der Waals surface area contributed by atoms with E-state index in [1.165, 1.54) is 30.3 Å². The Morgan fingerprint density at radius 3 is 2.39 bits per heavy atom. The van der Waals surface area contributed by atoms with Gasteiger partial charge in [0.1, 0.15) is 11.6 Å². The van der Waals surface area contributed by atoms with Crippen LogP contribution in [0.5, 0.6) is 0 Å². The second-order valence-corrected chi connectivity index (χ2v) is 11.2. The largest absolute Gasteiger partial charge is 0.419 e. The van der Waals surface area contributed by atoms with E-state index in [-0.39, 0.29) is 23.4 Å². The molecule has 1 aliphatic heterocycles. The molecule has 248 valence electrons. The molecule has 9 nitrogen and oxygen atoms in total. The predicted octanol–water partition coefficient (Wildman–Crippen LogP) is 5.23. The maximum absolute atomic E-state index is 14.9. The lowest BCUT2D eigenvalue weighted by Gasteiger charge is -2.32. The molecule has 0 spiro atoms. The van der Waals surface area contributed by atoms with Crippen LogP contribution >= 0.6 is 0 Å². The number of hydrogen-bond acceptors (Lipinski definition) is 8. The van der Waals surface area contributed by atoms with Crippen LogP contribution in [0.4, 0.5) is 29.1 Å². The number of allylic oxidation sites excluding steroid dienone is 4. The molecular weight excluding hydrogens is 600 g/mol. The smallest absolute Gasteiger partial charge is 0.401 e. The number of anilines is 2. The number of nitrogens with two attached hydrogens (primary N) is 2. The van der Waals surface area contributed by atoms with Crippen LogP contribution in [0.15, 0.2) is 78.4 Å². The minimum atomic E-state index is -4.93. The molecule has 1 aromatic heterocycles. The summed E-state index contributed by atoms with van der Waals surface area (Å²) >= 11 is 0. The highest BCUT2D eigenvalue weighted by molar-refractivity contribution is 6.03. The summed E-state index contributed by atoms with van der Waals surface area (Å²) in [7, 11) is 3.71. The van der Waals surface area contributed by atoms with E-state index in [1.54, 1.807) is 32.3 Å². The van der Waals surface area contributed by atoms with E-state index in [0.717, 1.165) is 24.2 Å². The van der Waals surface area contributed by atoms with Gasteiger partial charge in [0.15, 0.2) is 0 Å². The number of benzene rings is 1. The fraction of sp³-hybridized carbons (Fsp3) is 0.333. The lowest BCUT2D eigenvalue weighted by molar-refractivity contribution is -0.140. The van der Waals surface area contributed by atoms with Gasteiger partial charge < -0.3 is 21.3 Å². The maximum Gasteiger partial charge on any atom is 0.419 e. The molecule has 1 amide bonds. The van der Waals surface area contributed by atoms with Crippen molar-refractivity contribution in [2.75, 3.05) is 50.9 Å².